The molecule has 0 bridgehead atoms. The summed E-state index contributed by atoms with van der Waals surface area (Å²) in [6, 6.07) is 9.23. The molecule has 58 heavy (non-hydrogen) atoms. The fourth-order valence-electron chi connectivity index (χ4n) is 15.1. The molecule has 0 spiro atoms. The van der Waals surface area contributed by atoms with Gasteiger partial charge in [-0.3, -0.25) is 19.3 Å². The van der Waals surface area contributed by atoms with Gasteiger partial charge in [-0.2, -0.15) is 0 Å². The van der Waals surface area contributed by atoms with Crippen molar-refractivity contribution in [2.24, 2.45) is 75.4 Å². The fourth-order valence-corrected chi connectivity index (χ4v) is 15.1. The molecule has 1 aromatic carbocycles. The molecule has 0 amide bonds. The molecule has 7 nitrogen and oxygen atoms in total. The first-order chi connectivity index (χ1) is 27.1. The number of carboxylic acid groups (broad SMARTS) is 1. The van der Waals surface area contributed by atoms with E-state index in [0.29, 0.717) is 48.1 Å². The first kappa shape index (κ1) is 43.7. The maximum atomic E-state index is 14.0. The first-order valence-corrected chi connectivity index (χ1v) is 23.4. The van der Waals surface area contributed by atoms with Crippen LogP contribution in [0.5, 0.6) is 0 Å². The van der Waals surface area contributed by atoms with E-state index in [4.69, 9.17) is 0 Å². The van der Waals surface area contributed by atoms with E-state index in [1.54, 1.807) is 5.57 Å². The number of hydrogen-bond donors (Lipinski definition) is 2. The third-order valence-electron chi connectivity index (χ3n) is 18.4. The van der Waals surface area contributed by atoms with E-state index >= 15 is 0 Å². The molecular formula is C51H79N3O4. The Labute approximate surface area is 351 Å². The fraction of sp³-hybridized carbons (Fsp3) is 0.784. The Balaban J connectivity index is 0.00000512. The number of carboxylic acids is 1. The van der Waals surface area contributed by atoms with Crippen molar-refractivity contribution in [3.05, 3.63) is 46.5 Å². The number of aliphatic carboxylic acids is 1. The van der Waals surface area contributed by atoms with Crippen LogP contribution >= 0.6 is 0 Å². The lowest BCUT2D eigenvalue weighted by Gasteiger charge is -2.65. The molecule has 1 aromatic rings. The van der Waals surface area contributed by atoms with Crippen LogP contribution in [-0.2, 0) is 27.5 Å². The summed E-state index contributed by atoms with van der Waals surface area (Å²) in [4.78, 5) is 44.2. The van der Waals surface area contributed by atoms with Gasteiger partial charge in [0.25, 0.3) is 0 Å². The number of Topliss-reactive ketones (excluding diaryl/α,β-unsaturated/α-hetero) is 2. The van der Waals surface area contributed by atoms with Crippen molar-refractivity contribution in [1.82, 2.24) is 15.1 Å². The molecule has 0 radical (unpaired) electrons. The van der Waals surface area contributed by atoms with Crippen molar-refractivity contribution >= 4 is 17.5 Å². The highest BCUT2D eigenvalue weighted by Gasteiger charge is 2.63. The van der Waals surface area contributed by atoms with Crippen molar-refractivity contribution in [2.45, 2.75) is 139 Å². The summed E-state index contributed by atoms with van der Waals surface area (Å²) in [5.41, 5.74) is 5.97. The summed E-state index contributed by atoms with van der Waals surface area (Å²) in [7, 11) is 2.21. The van der Waals surface area contributed by atoms with Crippen molar-refractivity contribution < 1.29 is 19.5 Å². The number of ketones is 2. The normalized spacial score (nSPS) is 38.6. The Morgan fingerprint density at radius 1 is 0.897 bits per heavy atom. The minimum absolute atomic E-state index is 0. The number of piperazine rings is 1. The summed E-state index contributed by atoms with van der Waals surface area (Å²) < 4.78 is 0. The highest BCUT2D eigenvalue weighted by molar-refractivity contribution is 6.00. The SMILES string of the molecule is C.CC(C)C1=C2C3CCC4C(CCC5C(C)(C)C(CC(=O)C6CC(C(=O)O)C6C)CCC45C)C3CCC2(CCNCc2ccc(CN3CCN(C)CC3)cc2)CC1=O. The Hall–Kier alpha value is -2.35. The second-order valence-corrected chi connectivity index (χ2v) is 21.9. The second-order valence-electron chi connectivity index (χ2n) is 21.9. The molecule has 7 heteroatoms. The summed E-state index contributed by atoms with van der Waals surface area (Å²) in [5, 5.41) is 13.4. The molecule has 1 aliphatic heterocycles. The number of rotatable bonds is 12. The number of nitrogens with zero attached hydrogens (tertiary/aromatic N) is 2. The van der Waals surface area contributed by atoms with Gasteiger partial charge in [-0.15, -0.1) is 0 Å². The van der Waals surface area contributed by atoms with Gasteiger partial charge in [-0.05, 0) is 153 Å². The Morgan fingerprint density at radius 2 is 1.60 bits per heavy atom. The lowest BCUT2D eigenvalue weighted by Crippen LogP contribution is -2.58. The highest BCUT2D eigenvalue weighted by Crippen LogP contribution is 2.70. The number of carbonyl (C=O) groups excluding carboxylic acids is 2. The van der Waals surface area contributed by atoms with Gasteiger partial charge < -0.3 is 15.3 Å². The van der Waals surface area contributed by atoms with Gasteiger partial charge in [0.2, 0.25) is 0 Å². The van der Waals surface area contributed by atoms with Crippen LogP contribution in [0.25, 0.3) is 0 Å². The maximum Gasteiger partial charge on any atom is 0.306 e. The monoisotopic (exact) mass is 798 g/mol. The molecule has 1 heterocycles. The smallest absolute Gasteiger partial charge is 0.306 e. The van der Waals surface area contributed by atoms with Crippen LogP contribution in [0.1, 0.15) is 137 Å². The van der Waals surface area contributed by atoms with Crippen molar-refractivity contribution in [2.75, 3.05) is 39.8 Å². The number of benzene rings is 1. The second kappa shape index (κ2) is 16.8. The molecule has 5 saturated carbocycles. The van der Waals surface area contributed by atoms with Gasteiger partial charge >= 0.3 is 5.97 Å². The van der Waals surface area contributed by atoms with Gasteiger partial charge in [0, 0.05) is 63.4 Å². The quantitative estimate of drug-likeness (QED) is 0.204. The Kier molecular flexibility index (Phi) is 12.7. The summed E-state index contributed by atoms with van der Waals surface area (Å²) in [5.74, 6) is 3.53. The van der Waals surface area contributed by atoms with E-state index in [1.165, 1.54) is 55.2 Å². The van der Waals surface area contributed by atoms with Gasteiger partial charge in [0.15, 0.2) is 5.78 Å². The maximum absolute atomic E-state index is 14.0. The predicted octanol–water partition coefficient (Wildman–Crippen LogP) is 9.68. The third kappa shape index (κ3) is 7.74. The van der Waals surface area contributed by atoms with Crippen LogP contribution in [0.4, 0.5) is 0 Å². The number of nitrogens with one attached hydrogen (secondary N) is 1. The Bertz CT molecular complexity index is 1710. The molecule has 1 saturated heterocycles. The zero-order chi connectivity index (χ0) is 40.4. The van der Waals surface area contributed by atoms with Crippen molar-refractivity contribution in [3.8, 4) is 0 Å². The molecule has 11 unspecified atom stereocenters. The lowest BCUT2D eigenvalue weighted by molar-refractivity contribution is -0.162. The van der Waals surface area contributed by atoms with E-state index < -0.39 is 5.97 Å². The standard InChI is InChI=1S/C50H75N3O4.CH4/c1-31(2)45-43(55)28-50(20-21-51-29-33-8-10-34(11-9-33)30-53-24-22-52(7)23-25-53)19-17-36-37-13-15-44-48(4,5)35(26-42(54)39-27-40(32(39)3)47(56)57)16-18-49(44,6)41(37)14-12-38(36)46(45)50;/h8-11,31-32,35-41,44,51H,12-30H2,1-7H3,(H,56,57);1H4. The molecule has 0 aromatic heterocycles. The minimum Gasteiger partial charge on any atom is -0.481 e. The van der Waals surface area contributed by atoms with E-state index in [2.05, 4.69) is 81.0 Å². The zero-order valence-electron chi connectivity index (χ0n) is 36.6. The topological polar surface area (TPSA) is 89.9 Å². The van der Waals surface area contributed by atoms with Crippen molar-refractivity contribution in [3.63, 3.8) is 0 Å². The number of likely N-dealkylation sites (N-methyl/N-ethyl adjacent to an activating group) is 1. The first-order valence-electron chi connectivity index (χ1n) is 23.4. The third-order valence-corrected chi connectivity index (χ3v) is 18.4. The largest absolute Gasteiger partial charge is 0.481 e. The number of carbonyl (C=O) groups is 3. The van der Waals surface area contributed by atoms with E-state index in [9.17, 15) is 19.5 Å². The van der Waals surface area contributed by atoms with Crippen LogP contribution in [-0.4, -0.2) is 72.2 Å². The van der Waals surface area contributed by atoms with Crippen molar-refractivity contribution in [1.29, 1.82) is 0 Å². The number of allylic oxidation sites excluding steroid dienone is 2. The number of fused-ring (bicyclic) bond motifs is 7. The minimum atomic E-state index is -0.743. The molecule has 322 valence electrons. The molecular weight excluding hydrogens is 719 g/mol. The molecule has 8 rings (SSSR count). The summed E-state index contributed by atoms with van der Waals surface area (Å²) in [6.07, 6.45) is 12.7. The molecule has 6 fully saturated rings. The molecule has 2 N–H and O–H groups in total. The van der Waals surface area contributed by atoms with Crippen LogP contribution in [0, 0.1) is 75.4 Å². The molecule has 6 aliphatic carbocycles. The van der Waals surface area contributed by atoms with Crippen LogP contribution in [0.15, 0.2) is 35.4 Å². The summed E-state index contributed by atoms with van der Waals surface area (Å²) in [6.45, 7) is 21.5. The van der Waals surface area contributed by atoms with E-state index in [0.717, 1.165) is 83.3 Å². The lowest BCUT2D eigenvalue weighted by atomic mass is 9.39. The average Bonchev–Trinajstić information content (AvgIpc) is 3.47. The zero-order valence-corrected chi connectivity index (χ0v) is 36.6. The van der Waals surface area contributed by atoms with Crippen LogP contribution in [0.2, 0.25) is 0 Å². The van der Waals surface area contributed by atoms with E-state index in [-0.39, 0.29) is 47.3 Å². The van der Waals surface area contributed by atoms with Gasteiger partial charge in [-0.25, -0.2) is 0 Å². The summed E-state index contributed by atoms with van der Waals surface area (Å²) >= 11 is 0. The predicted molar refractivity (Wildman–Crippen MR) is 234 cm³/mol. The Morgan fingerprint density at radius 3 is 2.28 bits per heavy atom. The highest BCUT2D eigenvalue weighted by atomic mass is 16.4. The van der Waals surface area contributed by atoms with Crippen LogP contribution in [0.3, 0.4) is 0 Å². The van der Waals surface area contributed by atoms with Crippen LogP contribution < -0.4 is 5.32 Å². The van der Waals surface area contributed by atoms with Gasteiger partial charge in [0.05, 0.1) is 5.92 Å². The molecule has 11 atom stereocenters. The number of hydrogen-bond acceptors (Lipinski definition) is 6. The molecule has 7 aliphatic rings. The van der Waals surface area contributed by atoms with Gasteiger partial charge in [0.1, 0.15) is 5.78 Å². The van der Waals surface area contributed by atoms with E-state index in [1.807, 2.05) is 6.92 Å². The van der Waals surface area contributed by atoms with Gasteiger partial charge in [-0.1, -0.05) is 78.8 Å². The average molecular weight is 798 g/mol.